The zero-order chi connectivity index (χ0) is 19.3. The van der Waals surface area contributed by atoms with Gasteiger partial charge in [0.05, 0.1) is 18.9 Å². The Morgan fingerprint density at radius 2 is 1.92 bits per heavy atom. The summed E-state index contributed by atoms with van der Waals surface area (Å²) in [7, 11) is 1.37. The standard InChI is InChI=1S/C21H32O5/c1-12-13-6-7-17-20(2,8-5-9-21(17,3)19(24)25)15(13)11-16(22)14(12)10-18(23)26-4/h12-15,17H,5-11H2,1-4H3,(H,24,25)/t12-,13-,14+,15-,17+,20+,21-/m0/s1. The summed E-state index contributed by atoms with van der Waals surface area (Å²) in [6.07, 6.45) is 5.17. The molecule has 0 aromatic carbocycles. The summed E-state index contributed by atoms with van der Waals surface area (Å²) in [5.74, 6) is -0.200. The third-order valence-corrected chi connectivity index (χ3v) is 8.38. The number of fused-ring (bicyclic) bond motifs is 3. The lowest BCUT2D eigenvalue weighted by Crippen LogP contribution is -2.58. The first-order chi connectivity index (χ1) is 12.1. The summed E-state index contributed by atoms with van der Waals surface area (Å²) in [5, 5.41) is 9.90. The van der Waals surface area contributed by atoms with Crippen molar-refractivity contribution in [1.29, 1.82) is 0 Å². The molecule has 0 saturated heterocycles. The second-order valence-corrected chi connectivity index (χ2v) is 9.40. The third-order valence-electron chi connectivity index (χ3n) is 8.38. The Labute approximate surface area is 155 Å². The van der Waals surface area contributed by atoms with Crippen LogP contribution in [-0.2, 0) is 19.1 Å². The number of carboxylic acid groups (broad SMARTS) is 1. The molecule has 0 bridgehead atoms. The van der Waals surface area contributed by atoms with Crippen molar-refractivity contribution in [3.63, 3.8) is 0 Å². The number of rotatable bonds is 3. The number of ether oxygens (including phenoxy) is 1. The van der Waals surface area contributed by atoms with Crippen molar-refractivity contribution in [2.75, 3.05) is 7.11 Å². The minimum atomic E-state index is -0.689. The molecule has 3 saturated carbocycles. The van der Waals surface area contributed by atoms with E-state index >= 15 is 0 Å². The number of carbonyl (C=O) groups is 3. The van der Waals surface area contributed by atoms with Crippen molar-refractivity contribution < 1.29 is 24.2 Å². The van der Waals surface area contributed by atoms with E-state index in [2.05, 4.69) is 13.8 Å². The average Bonchev–Trinajstić information content (AvgIpc) is 2.58. The molecule has 0 radical (unpaired) electrons. The molecule has 5 nitrogen and oxygen atoms in total. The number of carbonyl (C=O) groups excluding carboxylic acids is 2. The van der Waals surface area contributed by atoms with Crippen LogP contribution in [0.2, 0.25) is 0 Å². The van der Waals surface area contributed by atoms with Crippen LogP contribution in [0.25, 0.3) is 0 Å². The lowest BCUT2D eigenvalue weighted by atomic mass is 9.42. The number of esters is 1. The fourth-order valence-electron chi connectivity index (χ4n) is 6.85. The SMILES string of the molecule is COC(=O)C[C@H]1C(=O)C[C@H]2[C@@H](CC[C@@H]3[C@]2(C)CCC[C@]3(C)C(=O)O)[C@@H]1C. The molecule has 3 aliphatic rings. The molecule has 0 spiro atoms. The number of carboxylic acids is 1. The Kier molecular flexibility index (Phi) is 4.95. The van der Waals surface area contributed by atoms with Crippen LogP contribution in [0.1, 0.15) is 65.7 Å². The molecule has 3 fully saturated rings. The maximum Gasteiger partial charge on any atom is 0.309 e. The highest BCUT2D eigenvalue weighted by Gasteiger charge is 2.61. The number of aliphatic carboxylic acids is 1. The Balaban J connectivity index is 1.89. The predicted octanol–water partition coefficient (Wildman–Crippen LogP) is 3.70. The Hall–Kier alpha value is -1.39. The van der Waals surface area contributed by atoms with Crippen molar-refractivity contribution in [3.8, 4) is 0 Å². The first-order valence-electron chi connectivity index (χ1n) is 9.98. The van der Waals surface area contributed by atoms with Gasteiger partial charge in [0.25, 0.3) is 0 Å². The number of Topliss-reactive ketones (excluding diaryl/α,β-unsaturated/α-hetero) is 1. The van der Waals surface area contributed by atoms with Crippen molar-refractivity contribution in [3.05, 3.63) is 0 Å². The van der Waals surface area contributed by atoms with Gasteiger partial charge in [-0.05, 0) is 61.7 Å². The molecule has 7 atom stereocenters. The van der Waals surface area contributed by atoms with Crippen molar-refractivity contribution in [2.45, 2.75) is 65.7 Å². The third kappa shape index (κ3) is 2.78. The lowest BCUT2D eigenvalue weighted by molar-refractivity contribution is -0.178. The minimum absolute atomic E-state index is 0.103. The Bertz CT molecular complexity index is 614. The molecule has 0 unspecified atom stereocenters. The van der Waals surface area contributed by atoms with E-state index < -0.39 is 11.4 Å². The van der Waals surface area contributed by atoms with Gasteiger partial charge in [0.1, 0.15) is 5.78 Å². The number of hydrogen-bond donors (Lipinski definition) is 1. The van der Waals surface area contributed by atoms with Crippen LogP contribution in [0.4, 0.5) is 0 Å². The normalized spacial score (nSPS) is 45.4. The van der Waals surface area contributed by atoms with Gasteiger partial charge in [-0.25, -0.2) is 0 Å². The smallest absolute Gasteiger partial charge is 0.309 e. The molecule has 0 amide bonds. The maximum atomic E-state index is 12.9. The van der Waals surface area contributed by atoms with Crippen LogP contribution in [-0.4, -0.2) is 29.9 Å². The second kappa shape index (κ2) is 6.65. The summed E-state index contributed by atoms with van der Waals surface area (Å²) < 4.78 is 4.79. The molecule has 1 N–H and O–H groups in total. The molecular weight excluding hydrogens is 332 g/mol. The van der Waals surface area contributed by atoms with E-state index in [9.17, 15) is 19.5 Å². The fourth-order valence-corrected chi connectivity index (χ4v) is 6.85. The van der Waals surface area contributed by atoms with Gasteiger partial charge in [-0.15, -0.1) is 0 Å². The van der Waals surface area contributed by atoms with Crippen LogP contribution in [0.15, 0.2) is 0 Å². The molecular formula is C21H32O5. The maximum absolute atomic E-state index is 12.9. The Morgan fingerprint density at radius 1 is 1.23 bits per heavy atom. The average molecular weight is 364 g/mol. The van der Waals surface area contributed by atoms with Crippen LogP contribution in [0, 0.1) is 40.4 Å². The lowest BCUT2D eigenvalue weighted by Gasteiger charge is -2.61. The number of hydrogen-bond acceptors (Lipinski definition) is 4. The van der Waals surface area contributed by atoms with Crippen molar-refractivity contribution >= 4 is 17.7 Å². The predicted molar refractivity (Wildman–Crippen MR) is 96.3 cm³/mol. The van der Waals surface area contributed by atoms with Gasteiger partial charge in [-0.2, -0.15) is 0 Å². The quantitative estimate of drug-likeness (QED) is 0.772. The first-order valence-corrected chi connectivity index (χ1v) is 9.98. The van der Waals surface area contributed by atoms with Gasteiger partial charge in [0, 0.05) is 12.3 Å². The van der Waals surface area contributed by atoms with Gasteiger partial charge < -0.3 is 9.84 Å². The van der Waals surface area contributed by atoms with Gasteiger partial charge in [-0.1, -0.05) is 20.3 Å². The van der Waals surface area contributed by atoms with E-state index in [1.807, 2.05) is 6.92 Å². The summed E-state index contributed by atoms with van der Waals surface area (Å²) >= 11 is 0. The molecule has 0 aromatic rings. The van der Waals surface area contributed by atoms with Crippen LogP contribution in [0.3, 0.4) is 0 Å². The summed E-state index contributed by atoms with van der Waals surface area (Å²) in [6.45, 7) is 6.24. The molecule has 0 aromatic heterocycles. The molecule has 146 valence electrons. The topological polar surface area (TPSA) is 80.7 Å². The molecule has 0 aliphatic heterocycles. The van der Waals surface area contributed by atoms with Gasteiger partial charge in [0.2, 0.25) is 0 Å². The van der Waals surface area contributed by atoms with Gasteiger partial charge in [0.15, 0.2) is 0 Å². The highest BCUT2D eigenvalue weighted by molar-refractivity contribution is 5.86. The molecule has 5 heteroatoms. The number of ketones is 1. The molecule has 26 heavy (non-hydrogen) atoms. The van der Waals surface area contributed by atoms with E-state index in [-0.39, 0.29) is 47.3 Å². The molecule has 0 heterocycles. The van der Waals surface area contributed by atoms with Crippen molar-refractivity contribution in [1.82, 2.24) is 0 Å². The van der Waals surface area contributed by atoms with Crippen LogP contribution < -0.4 is 0 Å². The largest absolute Gasteiger partial charge is 0.481 e. The summed E-state index contributed by atoms with van der Waals surface area (Å²) in [6, 6.07) is 0. The molecule has 3 rings (SSSR count). The minimum Gasteiger partial charge on any atom is -0.481 e. The van der Waals surface area contributed by atoms with E-state index in [1.54, 1.807) is 0 Å². The number of methoxy groups -OCH3 is 1. The van der Waals surface area contributed by atoms with Gasteiger partial charge >= 0.3 is 11.9 Å². The fraction of sp³-hybridized carbons (Fsp3) is 0.857. The van der Waals surface area contributed by atoms with Crippen LogP contribution >= 0.6 is 0 Å². The summed E-state index contributed by atoms with van der Waals surface area (Å²) in [5.41, 5.74) is -0.790. The van der Waals surface area contributed by atoms with E-state index in [4.69, 9.17) is 4.74 Å². The molecule has 3 aliphatic carbocycles. The zero-order valence-electron chi connectivity index (χ0n) is 16.4. The van der Waals surface area contributed by atoms with E-state index in [0.29, 0.717) is 12.3 Å². The highest BCUT2D eigenvalue weighted by atomic mass is 16.5. The van der Waals surface area contributed by atoms with E-state index in [1.165, 1.54) is 7.11 Å². The zero-order valence-corrected chi connectivity index (χ0v) is 16.4. The van der Waals surface area contributed by atoms with Crippen molar-refractivity contribution in [2.24, 2.45) is 40.4 Å². The summed E-state index contributed by atoms with van der Waals surface area (Å²) in [4.78, 5) is 36.7. The first kappa shape index (κ1) is 19.4. The second-order valence-electron chi connectivity index (χ2n) is 9.40. The Morgan fingerprint density at radius 3 is 2.54 bits per heavy atom. The van der Waals surface area contributed by atoms with Crippen LogP contribution in [0.5, 0.6) is 0 Å². The highest BCUT2D eigenvalue weighted by Crippen LogP contribution is 2.64. The van der Waals surface area contributed by atoms with E-state index in [0.717, 1.165) is 32.1 Å². The monoisotopic (exact) mass is 364 g/mol. The van der Waals surface area contributed by atoms with Gasteiger partial charge in [-0.3, -0.25) is 14.4 Å².